The van der Waals surface area contributed by atoms with Crippen molar-refractivity contribution in [2.45, 2.75) is 57.2 Å². The minimum Gasteiger partial charge on any atom is -0.456 e. The molecular weight excluding hydrogens is 397 g/mol. The molecule has 0 N–H and O–H groups in total. The van der Waals surface area contributed by atoms with Crippen LogP contribution >= 0.6 is 11.8 Å². The van der Waals surface area contributed by atoms with Crippen molar-refractivity contribution < 1.29 is 32.3 Å². The van der Waals surface area contributed by atoms with Crippen molar-refractivity contribution >= 4 is 29.4 Å². The number of amides is 1. The summed E-state index contributed by atoms with van der Waals surface area (Å²) < 4.78 is 44.2. The largest absolute Gasteiger partial charge is 0.456 e. The molecule has 3 heterocycles. The highest BCUT2D eigenvalue weighted by atomic mass is 32.2. The normalized spacial score (nSPS) is 24.6. The molecule has 1 amide bonds. The molecule has 1 aromatic heterocycles. The van der Waals surface area contributed by atoms with Gasteiger partial charge in [-0.15, -0.1) is 11.8 Å². The standard InChI is InChI=1S/C18H21F3N2O4S/c1-10-6-12(11(2)22(10)9-18(19,20)21)14(24)7-27-16(26)13-8-28-17(3)5-4-15(25)23(13)17/h6,13H,4-5,7-9H2,1-3H3/t13-,17-/m1/s1. The van der Waals surface area contributed by atoms with Gasteiger partial charge in [0.15, 0.2) is 6.61 Å². The summed E-state index contributed by atoms with van der Waals surface area (Å²) in [5, 5.41) is 0. The van der Waals surface area contributed by atoms with Gasteiger partial charge in [0.2, 0.25) is 11.7 Å². The molecule has 1 aromatic rings. The molecule has 0 saturated carbocycles. The number of hydrogen-bond donors (Lipinski definition) is 0. The van der Waals surface area contributed by atoms with Gasteiger partial charge >= 0.3 is 12.1 Å². The van der Waals surface area contributed by atoms with Crippen molar-refractivity contribution in [1.82, 2.24) is 9.47 Å². The molecule has 0 unspecified atom stereocenters. The lowest BCUT2D eigenvalue weighted by Gasteiger charge is -2.29. The Morgan fingerprint density at radius 2 is 2.04 bits per heavy atom. The van der Waals surface area contributed by atoms with E-state index in [2.05, 4.69) is 0 Å². The third-order valence-electron chi connectivity index (χ3n) is 5.27. The van der Waals surface area contributed by atoms with Crippen LogP contribution in [0.15, 0.2) is 6.07 Å². The van der Waals surface area contributed by atoms with Gasteiger partial charge in [0.1, 0.15) is 12.6 Å². The SMILES string of the molecule is Cc1cc(C(=O)COC(=O)[C@H]2CS[C@]3(C)CCC(=O)N23)c(C)n1CC(F)(F)F. The first kappa shape index (κ1) is 20.8. The number of carbonyl (C=O) groups excluding carboxylic acids is 3. The lowest BCUT2D eigenvalue weighted by Crippen LogP contribution is -2.46. The number of rotatable bonds is 5. The lowest BCUT2D eigenvalue weighted by atomic mass is 10.1. The number of fused-ring (bicyclic) bond motifs is 1. The number of esters is 1. The zero-order chi connectivity index (χ0) is 20.9. The van der Waals surface area contributed by atoms with Crippen LogP contribution in [0, 0.1) is 13.8 Å². The highest BCUT2D eigenvalue weighted by Gasteiger charge is 2.53. The van der Waals surface area contributed by atoms with Crippen LogP contribution < -0.4 is 0 Å². The van der Waals surface area contributed by atoms with Crippen LogP contribution in [0.5, 0.6) is 0 Å². The van der Waals surface area contributed by atoms with E-state index in [9.17, 15) is 27.6 Å². The number of nitrogens with zero attached hydrogens (tertiary/aromatic N) is 2. The Kier molecular flexibility index (Phi) is 5.28. The Morgan fingerprint density at radius 1 is 1.36 bits per heavy atom. The smallest absolute Gasteiger partial charge is 0.406 e. The molecule has 0 aromatic carbocycles. The Labute approximate surface area is 164 Å². The molecule has 0 radical (unpaired) electrons. The summed E-state index contributed by atoms with van der Waals surface area (Å²) in [6, 6.07) is 0.624. The first-order valence-corrected chi connectivity index (χ1v) is 9.81. The average molecular weight is 418 g/mol. The number of ether oxygens (including phenoxy) is 1. The maximum absolute atomic E-state index is 12.7. The van der Waals surface area contributed by atoms with E-state index < -0.39 is 42.0 Å². The first-order valence-electron chi connectivity index (χ1n) is 8.82. The Bertz CT molecular complexity index is 836. The van der Waals surface area contributed by atoms with E-state index in [0.29, 0.717) is 24.3 Å². The fourth-order valence-corrected chi connectivity index (χ4v) is 5.23. The van der Waals surface area contributed by atoms with Gasteiger partial charge in [-0.3, -0.25) is 9.59 Å². The number of ketones is 1. The van der Waals surface area contributed by atoms with E-state index >= 15 is 0 Å². The Morgan fingerprint density at radius 3 is 2.68 bits per heavy atom. The summed E-state index contributed by atoms with van der Waals surface area (Å²) in [7, 11) is 0. The topological polar surface area (TPSA) is 68.6 Å². The second-order valence-electron chi connectivity index (χ2n) is 7.28. The molecule has 2 aliphatic rings. The van der Waals surface area contributed by atoms with Gasteiger partial charge in [-0.2, -0.15) is 13.2 Å². The minimum atomic E-state index is -4.41. The van der Waals surface area contributed by atoms with Crippen LogP contribution in [0.2, 0.25) is 0 Å². The number of carbonyl (C=O) groups is 3. The van der Waals surface area contributed by atoms with E-state index in [4.69, 9.17) is 4.74 Å². The lowest BCUT2D eigenvalue weighted by molar-refractivity contribution is -0.152. The molecule has 2 atom stereocenters. The third-order valence-corrected chi connectivity index (χ3v) is 6.78. The van der Waals surface area contributed by atoms with Crippen molar-refractivity contribution in [2.24, 2.45) is 0 Å². The van der Waals surface area contributed by atoms with Crippen molar-refractivity contribution in [1.29, 1.82) is 0 Å². The quantitative estimate of drug-likeness (QED) is 0.543. The molecule has 0 aliphatic carbocycles. The highest BCUT2D eigenvalue weighted by Crippen LogP contribution is 2.47. The number of aryl methyl sites for hydroxylation is 1. The van der Waals surface area contributed by atoms with Crippen LogP contribution in [0.1, 0.15) is 41.5 Å². The predicted octanol–water partition coefficient (Wildman–Crippen LogP) is 2.85. The van der Waals surface area contributed by atoms with E-state index in [1.165, 1.54) is 36.6 Å². The minimum absolute atomic E-state index is 0.0948. The van der Waals surface area contributed by atoms with E-state index in [1.807, 2.05) is 6.92 Å². The van der Waals surface area contributed by atoms with Gasteiger partial charge < -0.3 is 14.2 Å². The maximum atomic E-state index is 12.7. The predicted molar refractivity (Wildman–Crippen MR) is 96.0 cm³/mol. The highest BCUT2D eigenvalue weighted by molar-refractivity contribution is 8.01. The summed E-state index contributed by atoms with van der Waals surface area (Å²) in [5.74, 6) is -0.952. The molecule has 3 rings (SSSR count). The molecule has 2 aliphatic heterocycles. The second kappa shape index (κ2) is 7.13. The van der Waals surface area contributed by atoms with E-state index in [0.717, 1.165) is 4.57 Å². The number of hydrogen-bond acceptors (Lipinski definition) is 5. The van der Waals surface area contributed by atoms with Crippen molar-refractivity contribution in [3.63, 3.8) is 0 Å². The summed E-state index contributed by atoms with van der Waals surface area (Å²) >= 11 is 1.51. The zero-order valence-electron chi connectivity index (χ0n) is 15.8. The molecule has 10 heteroatoms. The molecular formula is C18H21F3N2O4S. The van der Waals surface area contributed by atoms with Crippen molar-refractivity contribution in [3.05, 3.63) is 23.0 Å². The number of alkyl halides is 3. The summed E-state index contributed by atoms with van der Waals surface area (Å²) in [6.45, 7) is 3.05. The summed E-state index contributed by atoms with van der Waals surface area (Å²) in [5.41, 5.74) is 0.571. The van der Waals surface area contributed by atoms with Crippen LogP contribution in [0.3, 0.4) is 0 Å². The van der Waals surface area contributed by atoms with Crippen LogP contribution in [-0.2, 0) is 20.9 Å². The fourth-order valence-electron chi connectivity index (χ4n) is 3.81. The van der Waals surface area contributed by atoms with Crippen LogP contribution in [0.4, 0.5) is 13.2 Å². The van der Waals surface area contributed by atoms with Gasteiger partial charge in [-0.05, 0) is 33.3 Å². The van der Waals surface area contributed by atoms with Crippen LogP contribution in [-0.4, -0.2) is 56.6 Å². The number of Topliss-reactive ketones (excluding diaryl/α,β-unsaturated/α-hetero) is 1. The van der Waals surface area contributed by atoms with Gasteiger partial charge in [0, 0.05) is 29.1 Å². The third kappa shape index (κ3) is 3.78. The molecule has 2 fully saturated rings. The van der Waals surface area contributed by atoms with Crippen LogP contribution in [0.25, 0.3) is 0 Å². The van der Waals surface area contributed by atoms with Crippen molar-refractivity contribution in [2.75, 3.05) is 12.4 Å². The number of aromatic nitrogens is 1. The first-order chi connectivity index (χ1) is 12.9. The van der Waals surface area contributed by atoms with Gasteiger partial charge in [-0.25, -0.2) is 4.79 Å². The van der Waals surface area contributed by atoms with Gasteiger partial charge in [-0.1, -0.05) is 0 Å². The second-order valence-corrected chi connectivity index (χ2v) is 8.78. The monoisotopic (exact) mass is 418 g/mol. The van der Waals surface area contributed by atoms with Crippen molar-refractivity contribution in [3.8, 4) is 0 Å². The number of thioether (sulfide) groups is 1. The zero-order valence-corrected chi connectivity index (χ0v) is 16.6. The molecule has 6 nitrogen and oxygen atoms in total. The molecule has 0 spiro atoms. The summed E-state index contributed by atoms with van der Waals surface area (Å²) in [4.78, 5) is 38.0. The Hall–Kier alpha value is -1.97. The molecule has 2 saturated heterocycles. The maximum Gasteiger partial charge on any atom is 0.406 e. The number of halogens is 3. The van der Waals surface area contributed by atoms with E-state index in [-0.39, 0.29) is 17.2 Å². The van der Waals surface area contributed by atoms with Gasteiger partial charge in [0.05, 0.1) is 4.87 Å². The molecule has 154 valence electrons. The van der Waals surface area contributed by atoms with Gasteiger partial charge in [0.25, 0.3) is 0 Å². The van der Waals surface area contributed by atoms with E-state index in [1.54, 1.807) is 0 Å². The average Bonchev–Trinajstić information content (AvgIpc) is 3.18. The molecule has 28 heavy (non-hydrogen) atoms. The summed E-state index contributed by atoms with van der Waals surface area (Å²) in [6.07, 6.45) is -3.38. The molecule has 0 bridgehead atoms. The Balaban J connectivity index is 1.66. The fraction of sp³-hybridized carbons (Fsp3) is 0.611.